The first-order valence-corrected chi connectivity index (χ1v) is 7.63. The van der Waals surface area contributed by atoms with Gasteiger partial charge < -0.3 is 5.11 Å². The van der Waals surface area contributed by atoms with Crippen molar-refractivity contribution in [1.29, 1.82) is 0 Å². The highest BCUT2D eigenvalue weighted by molar-refractivity contribution is 5.68. The normalized spacial score (nSPS) is 34.4. The average Bonchev–Trinajstić information content (AvgIpc) is 2.58. The maximum atomic E-state index is 11.3. The number of hydrogen-bond donors (Lipinski definition) is 1. The van der Waals surface area contributed by atoms with E-state index in [2.05, 4.69) is 11.8 Å². The third kappa shape index (κ3) is 3.05. The fourth-order valence-electron chi connectivity index (χ4n) is 3.95. The Morgan fingerprint density at radius 2 is 1.94 bits per heavy atom. The summed E-state index contributed by atoms with van der Waals surface area (Å²) < 4.78 is 0. The molecule has 0 radical (unpaired) electrons. The van der Waals surface area contributed by atoms with Crippen molar-refractivity contribution in [2.45, 2.75) is 70.3 Å². The molecule has 2 unspecified atom stereocenters. The maximum Gasteiger partial charge on any atom is 0.305 e. The van der Waals surface area contributed by atoms with Crippen molar-refractivity contribution in [2.24, 2.45) is 5.92 Å². The van der Waals surface area contributed by atoms with Crippen LogP contribution in [0.25, 0.3) is 0 Å². The summed E-state index contributed by atoms with van der Waals surface area (Å²) in [6.45, 7) is 4.47. The molecule has 2 fully saturated rings. The maximum absolute atomic E-state index is 11.3. The van der Waals surface area contributed by atoms with Gasteiger partial charge in [0, 0.05) is 5.54 Å². The van der Waals surface area contributed by atoms with Crippen LogP contribution in [0.4, 0.5) is 0 Å². The minimum Gasteiger partial charge on any atom is -0.481 e. The lowest BCUT2D eigenvalue weighted by Crippen LogP contribution is -2.49. The lowest BCUT2D eigenvalue weighted by atomic mass is 9.88. The monoisotopic (exact) mass is 253 g/mol. The molecule has 1 heterocycles. The molecule has 0 aromatic carbocycles. The summed E-state index contributed by atoms with van der Waals surface area (Å²) in [6.07, 6.45) is 10.1. The Morgan fingerprint density at radius 3 is 2.44 bits per heavy atom. The van der Waals surface area contributed by atoms with Crippen LogP contribution in [0.5, 0.6) is 0 Å². The Bertz CT molecular complexity index is 284. The quantitative estimate of drug-likeness (QED) is 0.836. The van der Waals surface area contributed by atoms with Gasteiger partial charge in [-0.3, -0.25) is 9.69 Å². The molecular formula is C15H27NO2. The van der Waals surface area contributed by atoms with E-state index in [0.717, 1.165) is 31.8 Å². The van der Waals surface area contributed by atoms with E-state index in [0.29, 0.717) is 6.42 Å². The summed E-state index contributed by atoms with van der Waals surface area (Å²) in [4.78, 5) is 13.8. The zero-order chi connectivity index (χ0) is 13.0. The van der Waals surface area contributed by atoms with E-state index in [-0.39, 0.29) is 5.54 Å². The Kier molecular flexibility index (Phi) is 4.66. The predicted molar refractivity (Wildman–Crippen MR) is 72.7 cm³/mol. The van der Waals surface area contributed by atoms with Crippen LogP contribution in [-0.4, -0.2) is 34.6 Å². The second kappa shape index (κ2) is 6.05. The number of likely N-dealkylation sites (tertiary alicyclic amines) is 1. The number of hydrogen-bond acceptors (Lipinski definition) is 2. The van der Waals surface area contributed by atoms with E-state index in [1.807, 2.05) is 0 Å². The van der Waals surface area contributed by atoms with Crippen molar-refractivity contribution in [2.75, 3.05) is 13.1 Å². The van der Waals surface area contributed by atoms with Gasteiger partial charge in [0.25, 0.3) is 0 Å². The molecule has 2 atom stereocenters. The van der Waals surface area contributed by atoms with Crippen LogP contribution in [0.3, 0.4) is 0 Å². The van der Waals surface area contributed by atoms with Crippen molar-refractivity contribution in [3.05, 3.63) is 0 Å². The summed E-state index contributed by atoms with van der Waals surface area (Å²) in [5.41, 5.74) is -0.0170. The van der Waals surface area contributed by atoms with E-state index >= 15 is 0 Å². The minimum atomic E-state index is -0.615. The molecule has 0 bridgehead atoms. The van der Waals surface area contributed by atoms with Gasteiger partial charge in [-0.25, -0.2) is 0 Å². The van der Waals surface area contributed by atoms with Gasteiger partial charge in [0.1, 0.15) is 0 Å². The molecule has 0 spiro atoms. The summed E-state index contributed by atoms with van der Waals surface area (Å²) in [5.74, 6) is 0.128. The van der Waals surface area contributed by atoms with Gasteiger partial charge in [-0.15, -0.1) is 0 Å². The molecule has 104 valence electrons. The Morgan fingerprint density at radius 1 is 1.28 bits per heavy atom. The number of carboxylic acid groups (broad SMARTS) is 1. The summed E-state index contributed by atoms with van der Waals surface area (Å²) in [6, 6.07) is 0. The first kappa shape index (κ1) is 13.9. The molecule has 1 saturated heterocycles. The summed E-state index contributed by atoms with van der Waals surface area (Å²) in [7, 11) is 0. The molecule has 3 nitrogen and oxygen atoms in total. The second-order valence-electron chi connectivity index (χ2n) is 6.21. The van der Waals surface area contributed by atoms with E-state index < -0.39 is 5.97 Å². The third-order valence-corrected chi connectivity index (χ3v) is 5.02. The van der Waals surface area contributed by atoms with Gasteiger partial charge in [0.05, 0.1) is 6.42 Å². The first-order valence-electron chi connectivity index (χ1n) is 7.63. The zero-order valence-corrected chi connectivity index (χ0v) is 11.7. The van der Waals surface area contributed by atoms with Crippen LogP contribution in [0.15, 0.2) is 0 Å². The number of carbonyl (C=O) groups is 1. The average molecular weight is 253 g/mol. The summed E-state index contributed by atoms with van der Waals surface area (Å²) >= 11 is 0. The van der Waals surface area contributed by atoms with Crippen LogP contribution in [0.1, 0.15) is 64.7 Å². The van der Waals surface area contributed by atoms with Crippen molar-refractivity contribution < 1.29 is 9.90 Å². The van der Waals surface area contributed by atoms with Gasteiger partial charge in [0.15, 0.2) is 0 Å². The third-order valence-electron chi connectivity index (χ3n) is 5.02. The van der Waals surface area contributed by atoms with Crippen LogP contribution in [-0.2, 0) is 4.79 Å². The van der Waals surface area contributed by atoms with E-state index in [9.17, 15) is 9.90 Å². The van der Waals surface area contributed by atoms with Crippen molar-refractivity contribution >= 4 is 5.97 Å². The van der Waals surface area contributed by atoms with Gasteiger partial charge >= 0.3 is 5.97 Å². The molecule has 0 amide bonds. The lowest BCUT2D eigenvalue weighted by Gasteiger charge is -2.40. The number of nitrogens with zero attached hydrogens (tertiary/aromatic N) is 1. The molecule has 0 aromatic rings. The predicted octanol–water partition coefficient (Wildman–Crippen LogP) is 3.29. The van der Waals surface area contributed by atoms with Gasteiger partial charge in [0.2, 0.25) is 0 Å². The standard InChI is InChI=1S/C15H27NO2/c1-2-13-7-8-15(11-13,12-14(17)18)16-9-5-3-4-6-10-16/h13H,2-12H2,1H3,(H,17,18). The van der Waals surface area contributed by atoms with Crippen LogP contribution < -0.4 is 0 Å². The molecule has 1 N–H and O–H groups in total. The summed E-state index contributed by atoms with van der Waals surface area (Å²) in [5, 5.41) is 9.27. The van der Waals surface area contributed by atoms with Gasteiger partial charge in [-0.1, -0.05) is 26.2 Å². The molecule has 18 heavy (non-hydrogen) atoms. The molecule has 1 aliphatic carbocycles. The van der Waals surface area contributed by atoms with Gasteiger partial charge in [-0.2, -0.15) is 0 Å². The topological polar surface area (TPSA) is 40.5 Å². The van der Waals surface area contributed by atoms with Crippen molar-refractivity contribution in [3.63, 3.8) is 0 Å². The van der Waals surface area contributed by atoms with Crippen LogP contribution in [0, 0.1) is 5.92 Å². The van der Waals surface area contributed by atoms with Gasteiger partial charge in [-0.05, 0) is 51.1 Å². The Balaban J connectivity index is 2.10. The second-order valence-corrected chi connectivity index (χ2v) is 6.21. The highest BCUT2D eigenvalue weighted by Crippen LogP contribution is 2.43. The molecule has 2 rings (SSSR count). The first-order chi connectivity index (χ1) is 8.66. The number of carboxylic acids is 1. The fourth-order valence-corrected chi connectivity index (χ4v) is 3.95. The number of rotatable bonds is 4. The zero-order valence-electron chi connectivity index (χ0n) is 11.7. The SMILES string of the molecule is CCC1CCC(CC(=O)O)(N2CCCCCC2)C1. The van der Waals surface area contributed by atoms with E-state index in [1.54, 1.807) is 0 Å². The Hall–Kier alpha value is -0.570. The van der Waals surface area contributed by atoms with Crippen LogP contribution >= 0.6 is 0 Å². The largest absolute Gasteiger partial charge is 0.481 e. The highest BCUT2D eigenvalue weighted by atomic mass is 16.4. The Labute approximate surface area is 111 Å². The van der Waals surface area contributed by atoms with Crippen molar-refractivity contribution in [3.8, 4) is 0 Å². The smallest absolute Gasteiger partial charge is 0.305 e. The van der Waals surface area contributed by atoms with Crippen LogP contribution in [0.2, 0.25) is 0 Å². The molecule has 1 aliphatic heterocycles. The van der Waals surface area contributed by atoms with Crippen molar-refractivity contribution in [1.82, 2.24) is 4.90 Å². The van der Waals surface area contributed by atoms with E-state index in [1.165, 1.54) is 38.5 Å². The minimum absolute atomic E-state index is 0.0170. The molecule has 1 saturated carbocycles. The highest BCUT2D eigenvalue weighted by Gasteiger charge is 2.44. The molecule has 2 aliphatic rings. The molecule has 0 aromatic heterocycles. The fraction of sp³-hybridized carbons (Fsp3) is 0.933. The lowest BCUT2D eigenvalue weighted by molar-refractivity contribution is -0.140. The number of aliphatic carboxylic acids is 1. The molecule has 3 heteroatoms. The van der Waals surface area contributed by atoms with E-state index in [4.69, 9.17) is 0 Å². The molecular weight excluding hydrogens is 226 g/mol.